The van der Waals surface area contributed by atoms with E-state index in [1.165, 1.54) is 89.1 Å². The van der Waals surface area contributed by atoms with Crippen LogP contribution in [-0.4, -0.2) is 200 Å². The predicted octanol–water partition coefficient (Wildman–Crippen LogP) is 9.56. The Balaban J connectivity index is 0.000000317. The van der Waals surface area contributed by atoms with Crippen molar-refractivity contribution in [2.24, 2.45) is 50.9 Å². The minimum atomic E-state index is -4.82. The molecule has 113 heavy (non-hydrogen) atoms. The molecule has 0 aromatic heterocycles. The van der Waals surface area contributed by atoms with Crippen LogP contribution in [0.4, 0.5) is 45.5 Å². The Hall–Kier alpha value is -10.9. The van der Waals surface area contributed by atoms with Crippen molar-refractivity contribution in [2.75, 3.05) is 39.1 Å². The fourth-order valence-corrected chi connectivity index (χ4v) is 11.9. The van der Waals surface area contributed by atoms with Gasteiger partial charge in [0.1, 0.15) is 87.1 Å². The van der Waals surface area contributed by atoms with Gasteiger partial charge in [0.2, 0.25) is 12.1 Å². The molecule has 0 aliphatic heterocycles. The van der Waals surface area contributed by atoms with Gasteiger partial charge in [-0.05, 0) is 187 Å². The zero-order valence-corrected chi connectivity index (χ0v) is 69.9. The van der Waals surface area contributed by atoms with Gasteiger partial charge in [0.05, 0.1) is 49.6 Å². The second-order valence-corrected chi connectivity index (χ2v) is 28.8. The molecule has 592 valence electrons. The number of anilines is 2. The molecule has 0 saturated carbocycles. The first-order valence-corrected chi connectivity index (χ1v) is 37.8. The molecule has 0 heterocycles. The van der Waals surface area contributed by atoms with E-state index in [0.29, 0.717) is 56.6 Å². The third-order valence-electron chi connectivity index (χ3n) is 14.5. The van der Waals surface area contributed by atoms with E-state index >= 15 is 0 Å². The van der Waals surface area contributed by atoms with Gasteiger partial charge in [0, 0.05) is 0 Å². The molecule has 0 aliphatic rings. The van der Waals surface area contributed by atoms with E-state index in [9.17, 15) is 90.9 Å². The Morgan fingerprint density at radius 3 is 0.850 bits per heavy atom. The fraction of sp³-hybridized carbons (Fsp3) is 0.222. The van der Waals surface area contributed by atoms with Crippen molar-refractivity contribution >= 4 is 182 Å². The molecule has 4 unspecified atom stereocenters. The Bertz CT molecular complexity index is 5180. The predicted molar refractivity (Wildman–Crippen MR) is 405 cm³/mol. The van der Waals surface area contributed by atoms with Crippen LogP contribution >= 0.6 is 0 Å². The van der Waals surface area contributed by atoms with Crippen LogP contribution in [0.3, 0.4) is 0 Å². The first kappa shape index (κ1) is 94.5. The van der Waals surface area contributed by atoms with Gasteiger partial charge < -0.3 is 48.9 Å². The monoisotopic (exact) mass is 1750 g/mol. The van der Waals surface area contributed by atoms with E-state index in [4.69, 9.17) is 18.9 Å². The number of benzene rings is 8. The van der Waals surface area contributed by atoms with Crippen molar-refractivity contribution in [2.45, 2.75) is 99.1 Å². The number of aryl methyl sites for hydroxylation is 4. The topological polar surface area (TPSA) is 556 Å². The number of methoxy groups -OCH3 is 4. The average molecular weight is 1760 g/mol. The van der Waals surface area contributed by atoms with E-state index in [0.717, 1.165) is 39.8 Å². The molecule has 4 N–H and O–H groups in total. The van der Waals surface area contributed by atoms with Gasteiger partial charge in [-0.15, -0.1) is 0 Å². The number of ether oxygens (including phenoxy) is 4. The number of nitrogens with one attached hydrogen (secondary N) is 2. The third kappa shape index (κ3) is 29.0. The average Bonchev–Trinajstić information content (AvgIpc) is 0.826. The Morgan fingerprint density at radius 1 is 0.354 bits per heavy atom. The molecule has 0 aliphatic carbocycles. The molecule has 0 bridgehead atoms. The standard InChI is InChI=1S/4C18H19N3O6S.Ba/c4*1-11-8-9-14(16(10-11)28(24,25)26)20-21-17(12(2)22)18(23)19-13-6-4-5-7-15(13)27-3;/h4*4-10,17H,1-3H3,(H,19,23)(H,24,25,26);/q;;;;+2/p-4. The first-order chi connectivity index (χ1) is 52.5. The molecule has 0 saturated heterocycles. The molecular weight excluding hydrogens is 1680 g/mol. The summed E-state index contributed by atoms with van der Waals surface area (Å²) in [4.78, 5) is 77.9. The summed E-state index contributed by atoms with van der Waals surface area (Å²) < 4.78 is 154. The molecule has 8 aromatic rings. The van der Waals surface area contributed by atoms with Crippen molar-refractivity contribution in [3.63, 3.8) is 0 Å². The molecule has 8 aromatic carbocycles. The van der Waals surface area contributed by atoms with Crippen LogP contribution < -0.4 is 39.8 Å². The molecule has 8 rings (SSSR count). The van der Waals surface area contributed by atoms with E-state index in [2.05, 4.69) is 61.5 Å². The number of para-hydroxylation sites is 8. The van der Waals surface area contributed by atoms with Crippen LogP contribution in [-0.2, 0) is 69.2 Å². The number of Topliss-reactive ketones (excluding diaryl/α,β-unsaturated/α-hetero) is 4. The molecule has 2 amide bonds. The van der Waals surface area contributed by atoms with Crippen molar-refractivity contribution < 1.29 is 110 Å². The maximum atomic E-state index is 12.5. The van der Waals surface area contributed by atoms with E-state index in [-0.39, 0.29) is 83.0 Å². The number of nitrogens with zero attached hydrogens (tertiary/aromatic N) is 10. The summed E-state index contributed by atoms with van der Waals surface area (Å²) in [5.41, 5.74) is 2.37. The molecule has 0 radical (unpaired) electrons. The number of ketones is 4. The van der Waals surface area contributed by atoms with Crippen LogP contribution in [0.25, 0.3) is 0 Å². The smallest absolute Gasteiger partial charge is 0.860 e. The number of rotatable bonds is 28. The largest absolute Gasteiger partial charge is 2.00 e. The van der Waals surface area contributed by atoms with Crippen LogP contribution in [0.15, 0.2) is 240 Å². The minimum Gasteiger partial charge on any atom is -0.860 e. The van der Waals surface area contributed by atoms with Gasteiger partial charge in [-0.3, -0.25) is 47.9 Å². The van der Waals surface area contributed by atoms with Gasteiger partial charge in [-0.25, -0.2) is 16.8 Å². The summed E-state index contributed by atoms with van der Waals surface area (Å²) >= 11 is 0. The van der Waals surface area contributed by atoms with Gasteiger partial charge >= 0.3 is 48.9 Å². The van der Waals surface area contributed by atoms with Crippen molar-refractivity contribution in [3.8, 4) is 23.0 Å². The van der Waals surface area contributed by atoms with Crippen molar-refractivity contribution in [1.82, 2.24) is 0 Å². The van der Waals surface area contributed by atoms with Crippen molar-refractivity contribution in [3.05, 3.63) is 192 Å². The van der Waals surface area contributed by atoms with Crippen LogP contribution in [0.2, 0.25) is 0 Å². The summed E-state index contributed by atoms with van der Waals surface area (Å²) in [6, 6.07) is 35.9. The fourth-order valence-electron chi connectivity index (χ4n) is 9.06. The Labute approximate surface area is 689 Å². The number of hydrogen-bond donors (Lipinski definition) is 4. The number of azo groups is 4. The van der Waals surface area contributed by atoms with E-state index in [1.54, 1.807) is 125 Å². The SMILES string of the molecule is COc1ccccc1N=C([O-])C(N=Nc1ccc(C)cc1S(=O)(=O)[O-])C(C)=O.COc1ccccc1N=C([O-])C(N=Nc1ccc(C)cc1S(=O)(=O)[O-])C(C)=O.COc1ccccc1NC(=O)C(N=Nc1ccc(C)cc1S(=O)(=O)O)C(C)=O.COc1ccccc1NC(=O)C(N=Nc1ccc(C)cc1S(=O)(=O)O)C(C)=O.[Ba+2]. The van der Waals surface area contributed by atoms with Crippen LogP contribution in [0.1, 0.15) is 49.9 Å². The number of amides is 2. The maximum Gasteiger partial charge on any atom is 2.00 e. The summed E-state index contributed by atoms with van der Waals surface area (Å²) in [5, 5.41) is 59.3. The van der Waals surface area contributed by atoms with Gasteiger partial charge in [-0.2, -0.15) is 57.7 Å². The molecule has 36 nitrogen and oxygen atoms in total. The van der Waals surface area contributed by atoms with Crippen LogP contribution in [0, 0.1) is 27.7 Å². The number of hydrogen-bond acceptors (Lipinski definition) is 32. The second-order valence-electron chi connectivity index (χ2n) is 23.3. The normalized spacial score (nSPS) is 12.9. The second kappa shape index (κ2) is 43.2. The van der Waals surface area contributed by atoms with Crippen LogP contribution in [0.5, 0.6) is 23.0 Å². The van der Waals surface area contributed by atoms with Crippen molar-refractivity contribution in [1.29, 1.82) is 0 Å². The summed E-state index contributed by atoms with van der Waals surface area (Å²) in [6.07, 6.45) is 0. The maximum absolute atomic E-state index is 12.5. The van der Waals surface area contributed by atoms with E-state index in [1.807, 2.05) is 0 Å². The molecule has 41 heteroatoms. The molecule has 0 fully saturated rings. The summed E-state index contributed by atoms with van der Waals surface area (Å²) in [5.74, 6) is -4.39. The van der Waals surface area contributed by atoms with Gasteiger partial charge in [0.25, 0.3) is 32.1 Å². The summed E-state index contributed by atoms with van der Waals surface area (Å²) in [7, 11) is -13.1. The number of aliphatic imine (C=N–C) groups is 2. The third-order valence-corrected chi connectivity index (χ3v) is 18.0. The minimum absolute atomic E-state index is 0. The quantitative estimate of drug-likeness (QED) is 0.00884. The zero-order valence-electron chi connectivity index (χ0n) is 62.2. The molecule has 0 spiro atoms. The Kier molecular flexibility index (Phi) is 36.2. The van der Waals surface area contributed by atoms with E-state index < -0.39 is 131 Å². The first-order valence-electron chi connectivity index (χ1n) is 32.1. The summed E-state index contributed by atoms with van der Waals surface area (Å²) in [6.45, 7) is 11.0. The molecule has 4 atom stereocenters. The zero-order chi connectivity index (χ0) is 83.6. The number of carbonyl (C=O) groups is 6. The van der Waals surface area contributed by atoms with Gasteiger partial charge in [-0.1, -0.05) is 72.8 Å². The Morgan fingerprint density at radius 2 is 0.593 bits per heavy atom. The number of carbonyl (C=O) groups excluding carboxylic acids is 6. The van der Waals surface area contributed by atoms with Gasteiger partial charge in [0.15, 0.2) is 35.2 Å². The molecular formula is C72H72BaN12O24S4-2.